The maximum absolute atomic E-state index is 10.9. The molecule has 100 valence electrons. The average molecular weight is 251 g/mol. The van der Waals surface area contributed by atoms with E-state index < -0.39 is 6.10 Å². The van der Waals surface area contributed by atoms with Crippen LogP contribution in [0.3, 0.4) is 0 Å². The Morgan fingerprint density at radius 3 is 2.44 bits per heavy atom. The molecule has 0 aliphatic carbocycles. The van der Waals surface area contributed by atoms with Gasteiger partial charge in [-0.2, -0.15) is 0 Å². The third-order valence-electron chi connectivity index (χ3n) is 2.41. The fraction of sp³-hybridized carbons (Fsp3) is 0.500. The molecule has 0 aliphatic rings. The monoisotopic (exact) mass is 251 g/mol. The maximum Gasteiger partial charge on any atom is 0.217 e. The van der Waals surface area contributed by atoms with Crippen molar-refractivity contribution in [2.75, 3.05) is 6.61 Å². The molecule has 0 saturated heterocycles. The first-order valence-corrected chi connectivity index (χ1v) is 6.14. The number of nitrogens with one attached hydrogen (secondary N) is 1. The minimum Gasteiger partial charge on any atom is -0.491 e. The average Bonchev–Trinajstić information content (AvgIpc) is 2.26. The normalized spacial score (nSPS) is 13.8. The Bertz CT molecular complexity index is 373. The van der Waals surface area contributed by atoms with E-state index in [1.54, 1.807) is 6.92 Å². The molecular formula is C14H21NO3. The first kappa shape index (κ1) is 14.5. The van der Waals surface area contributed by atoms with Gasteiger partial charge in [0, 0.05) is 13.0 Å². The van der Waals surface area contributed by atoms with E-state index in [2.05, 4.69) is 5.32 Å². The lowest BCUT2D eigenvalue weighted by atomic mass is 10.1. The zero-order chi connectivity index (χ0) is 13.5. The van der Waals surface area contributed by atoms with Crippen molar-refractivity contribution in [2.45, 2.75) is 39.3 Å². The molecular weight excluding hydrogens is 230 g/mol. The SMILES string of the molecule is CC(=O)NC(C)Cc1ccc(OCC(C)O)cc1. The van der Waals surface area contributed by atoms with Gasteiger partial charge in [0.15, 0.2) is 0 Å². The molecule has 18 heavy (non-hydrogen) atoms. The molecule has 1 rings (SSSR count). The van der Waals surface area contributed by atoms with E-state index >= 15 is 0 Å². The minimum atomic E-state index is -0.468. The van der Waals surface area contributed by atoms with Crippen LogP contribution in [0.5, 0.6) is 5.75 Å². The van der Waals surface area contributed by atoms with Crippen LogP contribution in [0.2, 0.25) is 0 Å². The zero-order valence-electron chi connectivity index (χ0n) is 11.1. The highest BCUT2D eigenvalue weighted by Gasteiger charge is 2.05. The number of aliphatic hydroxyl groups excluding tert-OH is 1. The van der Waals surface area contributed by atoms with E-state index in [0.29, 0.717) is 6.61 Å². The Balaban J connectivity index is 2.47. The highest BCUT2D eigenvalue weighted by atomic mass is 16.5. The van der Waals surface area contributed by atoms with Gasteiger partial charge in [-0.1, -0.05) is 12.1 Å². The summed E-state index contributed by atoms with van der Waals surface area (Å²) in [5.41, 5.74) is 1.14. The predicted molar refractivity (Wildman–Crippen MR) is 70.6 cm³/mol. The van der Waals surface area contributed by atoms with Crippen LogP contribution in [0.4, 0.5) is 0 Å². The summed E-state index contributed by atoms with van der Waals surface area (Å²) in [4.78, 5) is 10.9. The lowest BCUT2D eigenvalue weighted by Gasteiger charge is -2.13. The van der Waals surface area contributed by atoms with Crippen molar-refractivity contribution < 1.29 is 14.6 Å². The van der Waals surface area contributed by atoms with E-state index in [9.17, 15) is 4.79 Å². The largest absolute Gasteiger partial charge is 0.491 e. The number of hydrogen-bond acceptors (Lipinski definition) is 3. The molecule has 4 heteroatoms. The summed E-state index contributed by atoms with van der Waals surface area (Å²) in [6, 6.07) is 7.80. The van der Waals surface area contributed by atoms with Gasteiger partial charge in [-0.25, -0.2) is 0 Å². The van der Waals surface area contributed by atoms with E-state index in [4.69, 9.17) is 9.84 Å². The molecule has 0 bridgehead atoms. The molecule has 0 aliphatic heterocycles. The number of carbonyl (C=O) groups excluding carboxylic acids is 1. The molecule has 0 saturated carbocycles. The Labute approximate surface area is 108 Å². The first-order chi connectivity index (χ1) is 8.47. The summed E-state index contributed by atoms with van der Waals surface area (Å²) in [5, 5.41) is 11.9. The molecule has 2 N–H and O–H groups in total. The quantitative estimate of drug-likeness (QED) is 0.805. The van der Waals surface area contributed by atoms with Crippen molar-refractivity contribution in [1.29, 1.82) is 0 Å². The summed E-state index contributed by atoms with van der Waals surface area (Å²) in [7, 11) is 0. The first-order valence-electron chi connectivity index (χ1n) is 6.14. The van der Waals surface area contributed by atoms with Crippen molar-refractivity contribution in [3.63, 3.8) is 0 Å². The Morgan fingerprint density at radius 2 is 1.94 bits per heavy atom. The van der Waals surface area contributed by atoms with Gasteiger partial charge in [0.2, 0.25) is 5.91 Å². The molecule has 0 spiro atoms. The molecule has 0 radical (unpaired) electrons. The van der Waals surface area contributed by atoms with Gasteiger partial charge in [-0.3, -0.25) is 4.79 Å². The van der Waals surface area contributed by atoms with Gasteiger partial charge in [0.05, 0.1) is 6.10 Å². The Morgan fingerprint density at radius 1 is 1.33 bits per heavy atom. The van der Waals surface area contributed by atoms with Crippen LogP contribution in [0, 0.1) is 0 Å². The number of benzene rings is 1. The van der Waals surface area contributed by atoms with Crippen LogP contribution in [0.15, 0.2) is 24.3 Å². The highest BCUT2D eigenvalue weighted by Crippen LogP contribution is 2.13. The second-order valence-electron chi connectivity index (χ2n) is 4.61. The number of carbonyl (C=O) groups is 1. The molecule has 2 unspecified atom stereocenters. The summed E-state index contributed by atoms with van der Waals surface area (Å²) >= 11 is 0. The van der Waals surface area contributed by atoms with Crippen LogP contribution in [-0.2, 0) is 11.2 Å². The second-order valence-corrected chi connectivity index (χ2v) is 4.61. The molecule has 0 fully saturated rings. The number of ether oxygens (including phenoxy) is 1. The lowest BCUT2D eigenvalue weighted by Crippen LogP contribution is -2.31. The van der Waals surface area contributed by atoms with Gasteiger partial charge in [-0.15, -0.1) is 0 Å². The molecule has 1 amide bonds. The second kappa shape index (κ2) is 7.01. The van der Waals surface area contributed by atoms with Crippen molar-refractivity contribution in [2.24, 2.45) is 0 Å². The number of rotatable bonds is 6. The summed E-state index contributed by atoms with van der Waals surface area (Å²) in [5.74, 6) is 0.728. The van der Waals surface area contributed by atoms with Gasteiger partial charge in [0.1, 0.15) is 12.4 Å². The lowest BCUT2D eigenvalue weighted by molar-refractivity contribution is -0.119. The fourth-order valence-corrected chi connectivity index (χ4v) is 1.69. The van der Waals surface area contributed by atoms with Crippen LogP contribution < -0.4 is 10.1 Å². The molecule has 4 nitrogen and oxygen atoms in total. The van der Waals surface area contributed by atoms with Crippen molar-refractivity contribution >= 4 is 5.91 Å². The van der Waals surface area contributed by atoms with Gasteiger partial charge in [-0.05, 0) is 38.0 Å². The van der Waals surface area contributed by atoms with Crippen LogP contribution in [0.25, 0.3) is 0 Å². The number of hydrogen-bond donors (Lipinski definition) is 2. The third-order valence-corrected chi connectivity index (χ3v) is 2.41. The Kier molecular flexibility index (Phi) is 5.65. The predicted octanol–water partition coefficient (Wildman–Crippen LogP) is 1.51. The van der Waals surface area contributed by atoms with Gasteiger partial charge >= 0.3 is 0 Å². The third kappa shape index (κ3) is 5.68. The van der Waals surface area contributed by atoms with Crippen molar-refractivity contribution in [3.8, 4) is 5.75 Å². The minimum absolute atomic E-state index is 0.0145. The molecule has 2 atom stereocenters. The molecule has 1 aromatic carbocycles. The standard InChI is InChI=1S/C14H21NO3/c1-10(15-12(3)17)8-13-4-6-14(7-5-13)18-9-11(2)16/h4-7,10-11,16H,8-9H2,1-3H3,(H,15,17). The topological polar surface area (TPSA) is 58.6 Å². The summed E-state index contributed by atoms with van der Waals surface area (Å²) < 4.78 is 5.37. The maximum atomic E-state index is 10.9. The van der Waals surface area contributed by atoms with E-state index in [-0.39, 0.29) is 11.9 Å². The fourth-order valence-electron chi connectivity index (χ4n) is 1.69. The highest BCUT2D eigenvalue weighted by molar-refractivity contribution is 5.73. The summed E-state index contributed by atoms with van der Waals surface area (Å²) in [6.45, 7) is 5.47. The zero-order valence-corrected chi connectivity index (χ0v) is 11.1. The number of amides is 1. The summed E-state index contributed by atoms with van der Waals surface area (Å²) in [6.07, 6.45) is 0.320. The smallest absolute Gasteiger partial charge is 0.217 e. The van der Waals surface area contributed by atoms with Crippen molar-refractivity contribution in [1.82, 2.24) is 5.32 Å². The van der Waals surface area contributed by atoms with Crippen LogP contribution in [-0.4, -0.2) is 29.8 Å². The Hall–Kier alpha value is -1.55. The van der Waals surface area contributed by atoms with Crippen LogP contribution >= 0.6 is 0 Å². The van der Waals surface area contributed by atoms with E-state index in [1.165, 1.54) is 6.92 Å². The van der Waals surface area contributed by atoms with E-state index in [0.717, 1.165) is 17.7 Å². The molecule has 0 aromatic heterocycles. The van der Waals surface area contributed by atoms with Gasteiger partial charge < -0.3 is 15.2 Å². The molecule has 1 aromatic rings. The van der Waals surface area contributed by atoms with E-state index in [1.807, 2.05) is 31.2 Å². The van der Waals surface area contributed by atoms with Crippen molar-refractivity contribution in [3.05, 3.63) is 29.8 Å². The number of aliphatic hydroxyl groups is 1. The van der Waals surface area contributed by atoms with Crippen LogP contribution in [0.1, 0.15) is 26.3 Å². The van der Waals surface area contributed by atoms with Gasteiger partial charge in [0.25, 0.3) is 0 Å². The molecule has 0 heterocycles.